The standard InChI is InChI=1S/C12H14ClN3O2/c1-2-3-16-12(18)11(10(13)7-15-16)14-6-8-4-9(17)5-8/h1,7-9,14,17H,3-6H2. The predicted molar refractivity (Wildman–Crippen MR) is 69.6 cm³/mol. The number of anilines is 1. The highest BCUT2D eigenvalue weighted by Gasteiger charge is 2.27. The Hall–Kier alpha value is -1.51. The van der Waals surface area contributed by atoms with E-state index in [4.69, 9.17) is 18.0 Å². The molecule has 0 radical (unpaired) electrons. The van der Waals surface area contributed by atoms with Crippen molar-refractivity contribution in [3.05, 3.63) is 21.6 Å². The number of aliphatic hydroxyl groups is 1. The molecule has 96 valence electrons. The quantitative estimate of drug-likeness (QED) is 0.789. The van der Waals surface area contributed by atoms with Crippen molar-refractivity contribution in [2.45, 2.75) is 25.5 Å². The molecule has 5 nitrogen and oxygen atoms in total. The number of nitrogens with zero attached hydrogens (tertiary/aromatic N) is 2. The molecule has 1 saturated carbocycles. The molecule has 0 amide bonds. The van der Waals surface area contributed by atoms with Crippen molar-refractivity contribution in [1.82, 2.24) is 9.78 Å². The van der Waals surface area contributed by atoms with Gasteiger partial charge in [-0.1, -0.05) is 17.5 Å². The molecule has 1 aliphatic carbocycles. The van der Waals surface area contributed by atoms with Crippen LogP contribution < -0.4 is 10.9 Å². The highest BCUT2D eigenvalue weighted by atomic mass is 35.5. The topological polar surface area (TPSA) is 67.2 Å². The molecule has 18 heavy (non-hydrogen) atoms. The fraction of sp³-hybridized carbons (Fsp3) is 0.500. The van der Waals surface area contributed by atoms with Gasteiger partial charge in [-0.2, -0.15) is 5.10 Å². The van der Waals surface area contributed by atoms with Gasteiger partial charge in [0.15, 0.2) is 0 Å². The third-order valence-electron chi connectivity index (χ3n) is 3.02. The minimum Gasteiger partial charge on any atom is -0.393 e. The normalized spacial score (nSPS) is 22.1. The third-order valence-corrected chi connectivity index (χ3v) is 3.30. The highest BCUT2D eigenvalue weighted by molar-refractivity contribution is 6.32. The summed E-state index contributed by atoms with van der Waals surface area (Å²) in [5.41, 5.74) is 0.00336. The molecule has 0 spiro atoms. The maximum absolute atomic E-state index is 12.0. The van der Waals surface area contributed by atoms with Crippen LogP contribution in [0.4, 0.5) is 5.69 Å². The summed E-state index contributed by atoms with van der Waals surface area (Å²) in [4.78, 5) is 12.0. The molecule has 0 aliphatic heterocycles. The van der Waals surface area contributed by atoms with E-state index in [2.05, 4.69) is 16.3 Å². The van der Waals surface area contributed by atoms with Gasteiger partial charge >= 0.3 is 0 Å². The summed E-state index contributed by atoms with van der Waals surface area (Å²) in [7, 11) is 0. The molecule has 2 N–H and O–H groups in total. The number of halogens is 1. The Morgan fingerprint density at radius 3 is 3.00 bits per heavy atom. The van der Waals surface area contributed by atoms with E-state index >= 15 is 0 Å². The van der Waals surface area contributed by atoms with E-state index in [0.29, 0.717) is 18.2 Å². The summed E-state index contributed by atoms with van der Waals surface area (Å²) in [6.07, 6.45) is 7.87. The number of aliphatic hydroxyl groups excluding tert-OH is 1. The van der Waals surface area contributed by atoms with E-state index in [1.807, 2.05) is 0 Å². The van der Waals surface area contributed by atoms with Crippen molar-refractivity contribution >= 4 is 17.3 Å². The smallest absolute Gasteiger partial charge is 0.292 e. The van der Waals surface area contributed by atoms with Gasteiger partial charge in [-0.05, 0) is 18.8 Å². The van der Waals surface area contributed by atoms with Crippen molar-refractivity contribution in [3.8, 4) is 12.3 Å². The average Bonchev–Trinajstić information content (AvgIpc) is 2.30. The molecule has 1 fully saturated rings. The van der Waals surface area contributed by atoms with Gasteiger partial charge in [-0.3, -0.25) is 4.79 Å². The Labute approximate surface area is 110 Å². The van der Waals surface area contributed by atoms with Gasteiger partial charge < -0.3 is 10.4 Å². The SMILES string of the molecule is C#CCn1ncc(Cl)c(NCC2CC(O)C2)c1=O. The maximum atomic E-state index is 12.0. The van der Waals surface area contributed by atoms with Crippen molar-refractivity contribution < 1.29 is 5.11 Å². The fourth-order valence-electron chi connectivity index (χ4n) is 1.94. The zero-order valence-electron chi connectivity index (χ0n) is 9.77. The van der Waals surface area contributed by atoms with Crippen molar-refractivity contribution in [3.63, 3.8) is 0 Å². The minimum atomic E-state index is -0.319. The lowest BCUT2D eigenvalue weighted by atomic mass is 9.82. The van der Waals surface area contributed by atoms with Crippen LogP contribution in [-0.4, -0.2) is 27.5 Å². The first kappa shape index (κ1) is 12.9. The van der Waals surface area contributed by atoms with Crippen molar-refractivity contribution in [1.29, 1.82) is 0 Å². The average molecular weight is 268 g/mol. The van der Waals surface area contributed by atoms with Crippen LogP contribution in [0.3, 0.4) is 0 Å². The summed E-state index contributed by atoms with van der Waals surface area (Å²) >= 11 is 5.94. The van der Waals surface area contributed by atoms with E-state index in [0.717, 1.165) is 12.8 Å². The molecule has 1 heterocycles. The molecule has 0 atom stereocenters. The summed E-state index contributed by atoms with van der Waals surface area (Å²) in [5.74, 6) is 2.74. The summed E-state index contributed by atoms with van der Waals surface area (Å²) in [6, 6.07) is 0. The first-order valence-electron chi connectivity index (χ1n) is 5.73. The van der Waals surface area contributed by atoms with Gasteiger partial charge in [0.1, 0.15) is 12.2 Å². The molecule has 1 aliphatic rings. The molecule has 1 aromatic rings. The molecular formula is C12H14ClN3O2. The number of hydrogen-bond donors (Lipinski definition) is 2. The first-order chi connectivity index (χ1) is 8.61. The number of aromatic nitrogens is 2. The first-order valence-corrected chi connectivity index (χ1v) is 6.10. The van der Waals surface area contributed by atoms with Gasteiger partial charge in [-0.15, -0.1) is 6.42 Å². The molecular weight excluding hydrogens is 254 g/mol. The Bertz CT molecular complexity index is 529. The minimum absolute atomic E-state index is 0.118. The second-order valence-electron chi connectivity index (χ2n) is 4.41. The second kappa shape index (κ2) is 5.42. The van der Waals surface area contributed by atoms with E-state index in [-0.39, 0.29) is 23.2 Å². The number of rotatable bonds is 4. The van der Waals surface area contributed by atoms with Crippen LogP contribution in [-0.2, 0) is 6.54 Å². The number of nitrogens with one attached hydrogen (secondary N) is 1. The zero-order valence-corrected chi connectivity index (χ0v) is 10.5. The molecule has 2 rings (SSSR count). The van der Waals surface area contributed by atoms with Gasteiger partial charge in [0.2, 0.25) is 0 Å². The molecule has 6 heteroatoms. The summed E-state index contributed by atoms with van der Waals surface area (Å²) < 4.78 is 1.18. The zero-order chi connectivity index (χ0) is 13.1. The van der Waals surface area contributed by atoms with Crippen LogP contribution >= 0.6 is 11.6 Å². The monoisotopic (exact) mass is 267 g/mol. The molecule has 0 bridgehead atoms. The van der Waals surface area contributed by atoms with Crippen LogP contribution in [0.1, 0.15) is 12.8 Å². The van der Waals surface area contributed by atoms with Gasteiger partial charge in [0.25, 0.3) is 5.56 Å². The van der Waals surface area contributed by atoms with Crippen LogP contribution in [0.25, 0.3) is 0 Å². The van der Waals surface area contributed by atoms with Gasteiger partial charge in [0, 0.05) is 6.54 Å². The lowest BCUT2D eigenvalue weighted by Crippen LogP contribution is -2.35. The molecule has 1 aromatic heterocycles. The van der Waals surface area contributed by atoms with Crippen LogP contribution in [0.5, 0.6) is 0 Å². The Morgan fingerprint density at radius 1 is 1.67 bits per heavy atom. The summed E-state index contributed by atoms with van der Waals surface area (Å²) in [5, 5.41) is 16.3. The molecule has 0 unspecified atom stereocenters. The lowest BCUT2D eigenvalue weighted by Gasteiger charge is -2.31. The van der Waals surface area contributed by atoms with Gasteiger partial charge in [-0.25, -0.2) is 4.68 Å². The number of hydrogen-bond acceptors (Lipinski definition) is 4. The third kappa shape index (κ3) is 2.66. The maximum Gasteiger partial charge on any atom is 0.292 e. The van der Waals surface area contributed by atoms with Crippen molar-refractivity contribution in [2.75, 3.05) is 11.9 Å². The largest absolute Gasteiger partial charge is 0.393 e. The van der Waals surface area contributed by atoms with E-state index in [9.17, 15) is 9.90 Å². The number of terminal acetylenes is 1. The van der Waals surface area contributed by atoms with Crippen LogP contribution in [0.15, 0.2) is 11.0 Å². The van der Waals surface area contributed by atoms with E-state index in [1.165, 1.54) is 10.9 Å². The van der Waals surface area contributed by atoms with E-state index in [1.54, 1.807) is 0 Å². The lowest BCUT2D eigenvalue weighted by molar-refractivity contribution is 0.0487. The van der Waals surface area contributed by atoms with Crippen LogP contribution in [0.2, 0.25) is 5.02 Å². The second-order valence-corrected chi connectivity index (χ2v) is 4.81. The van der Waals surface area contributed by atoms with Crippen molar-refractivity contribution in [2.24, 2.45) is 5.92 Å². The molecule has 0 saturated heterocycles. The Kier molecular flexibility index (Phi) is 3.90. The highest BCUT2D eigenvalue weighted by Crippen LogP contribution is 2.27. The Morgan fingerprint density at radius 2 is 2.39 bits per heavy atom. The van der Waals surface area contributed by atoms with Gasteiger partial charge in [0.05, 0.1) is 17.3 Å². The van der Waals surface area contributed by atoms with Crippen LogP contribution in [0, 0.1) is 18.3 Å². The predicted octanol–water partition coefficient (Wildman–Crippen LogP) is 0.713. The fourth-order valence-corrected chi connectivity index (χ4v) is 2.13. The Balaban J connectivity index is 2.09. The van der Waals surface area contributed by atoms with E-state index < -0.39 is 0 Å². The molecule has 0 aromatic carbocycles. The summed E-state index contributed by atoms with van der Waals surface area (Å²) in [6.45, 7) is 0.735.